The maximum Gasteiger partial charge on any atom is 1.00 e. The summed E-state index contributed by atoms with van der Waals surface area (Å²) in [6.07, 6.45) is 0. The topological polar surface area (TPSA) is 81.9 Å². The van der Waals surface area contributed by atoms with Gasteiger partial charge in [-0.2, -0.15) is 0 Å². The fourth-order valence-electron chi connectivity index (χ4n) is 2.05. The summed E-state index contributed by atoms with van der Waals surface area (Å²) < 4.78 is 35.0. The molecule has 0 amide bonds. The third-order valence-electron chi connectivity index (χ3n) is 2.92. The van der Waals surface area contributed by atoms with E-state index in [1.165, 1.54) is 12.1 Å². The Bertz CT molecular complexity index is 816. The van der Waals surface area contributed by atoms with Crippen molar-refractivity contribution >= 4 is 10.1 Å². The van der Waals surface area contributed by atoms with Gasteiger partial charge in [0.25, 0.3) is 4.99 Å². The second-order valence-electron chi connectivity index (χ2n) is 4.14. The molecule has 0 spiro atoms. The molecule has 0 aromatic heterocycles. The van der Waals surface area contributed by atoms with Crippen molar-refractivity contribution in [3.05, 3.63) is 70.9 Å². The van der Waals surface area contributed by atoms with Crippen molar-refractivity contribution in [2.75, 3.05) is 0 Å². The van der Waals surface area contributed by atoms with Crippen molar-refractivity contribution in [3.63, 3.8) is 0 Å². The zero-order valence-electron chi connectivity index (χ0n) is 10.7. The van der Waals surface area contributed by atoms with Gasteiger partial charge in [0, 0.05) is 5.56 Å². The van der Waals surface area contributed by atoms with E-state index in [9.17, 15) is 13.0 Å². The molecule has 96 valence electrons. The second kappa shape index (κ2) is 5.38. The molecule has 1 aliphatic rings. The Hall–Kier alpha value is -1.05. The van der Waals surface area contributed by atoms with Crippen LogP contribution in [0, 0.1) is 0 Å². The molecule has 1 aliphatic heterocycles. The Labute approximate surface area is 138 Å². The number of benzene rings is 2. The number of para-hydroxylation sites is 2. The first-order valence-electron chi connectivity index (χ1n) is 5.59. The molecule has 20 heavy (non-hydrogen) atoms. The molecule has 0 fully saturated rings. The molecule has 0 unspecified atom stereocenters. The molecule has 2 aromatic carbocycles. The van der Waals surface area contributed by atoms with Crippen LogP contribution in [0.2, 0.25) is 0 Å². The van der Waals surface area contributed by atoms with Gasteiger partial charge in [0.1, 0.15) is 10.1 Å². The normalized spacial score (nSPS) is 15.4. The largest absolute Gasteiger partial charge is 1.00 e. The van der Waals surface area contributed by atoms with Crippen LogP contribution in [0.4, 0.5) is 0 Å². The van der Waals surface area contributed by atoms with E-state index in [2.05, 4.69) is 9.98 Å². The van der Waals surface area contributed by atoms with Gasteiger partial charge >= 0.3 is 29.6 Å². The molecule has 0 bridgehead atoms. The van der Waals surface area contributed by atoms with Gasteiger partial charge < -0.3 is 4.55 Å². The number of hydrogen-bond acceptors (Lipinski definition) is 5. The Morgan fingerprint density at radius 1 is 0.850 bits per heavy atom. The number of fused-ring (bicyclic) bond motifs is 1. The van der Waals surface area contributed by atoms with Crippen LogP contribution in [0.25, 0.3) is 0 Å². The van der Waals surface area contributed by atoms with Crippen molar-refractivity contribution in [2.45, 2.75) is 4.99 Å². The van der Waals surface area contributed by atoms with E-state index in [-0.39, 0.29) is 35.1 Å². The van der Waals surface area contributed by atoms with Crippen LogP contribution in [0.3, 0.4) is 0 Å². The molecule has 0 saturated heterocycles. The number of hydrogen-bond donors (Lipinski definition) is 0. The van der Waals surface area contributed by atoms with E-state index in [1.807, 2.05) is 0 Å². The van der Waals surface area contributed by atoms with Crippen molar-refractivity contribution in [1.29, 1.82) is 0 Å². The van der Waals surface area contributed by atoms with Crippen LogP contribution < -0.4 is 40.3 Å². The SMILES string of the molecule is O=S(=O)([O-])C1(c2ccccc2)N=c2ccccc2=N1.[Na+]. The van der Waals surface area contributed by atoms with E-state index in [4.69, 9.17) is 0 Å². The molecule has 5 nitrogen and oxygen atoms in total. The molecule has 2 aromatic rings. The molecule has 0 radical (unpaired) electrons. The van der Waals surface area contributed by atoms with Crippen LogP contribution in [0.5, 0.6) is 0 Å². The Morgan fingerprint density at radius 2 is 1.30 bits per heavy atom. The maximum absolute atomic E-state index is 11.7. The first-order valence-corrected chi connectivity index (χ1v) is 6.99. The Balaban J connectivity index is 0.00000147. The average molecular weight is 296 g/mol. The van der Waals surface area contributed by atoms with Gasteiger partial charge in [0.2, 0.25) is 0 Å². The maximum atomic E-state index is 11.7. The average Bonchev–Trinajstić information content (AvgIpc) is 2.80. The first-order chi connectivity index (χ1) is 9.03. The van der Waals surface area contributed by atoms with Gasteiger partial charge in [0.05, 0.1) is 10.7 Å². The van der Waals surface area contributed by atoms with Crippen LogP contribution in [-0.2, 0) is 15.1 Å². The van der Waals surface area contributed by atoms with Crippen LogP contribution in [-0.4, -0.2) is 13.0 Å². The zero-order chi connectivity index (χ0) is 13.5. The molecule has 1 heterocycles. The van der Waals surface area contributed by atoms with E-state index >= 15 is 0 Å². The molecule has 0 atom stereocenters. The van der Waals surface area contributed by atoms with Crippen molar-refractivity contribution in [1.82, 2.24) is 0 Å². The minimum atomic E-state index is -4.77. The molecule has 0 saturated carbocycles. The smallest absolute Gasteiger partial charge is 0.744 e. The van der Waals surface area contributed by atoms with Crippen molar-refractivity contribution in [2.24, 2.45) is 9.98 Å². The van der Waals surface area contributed by atoms with Gasteiger partial charge in [-0.15, -0.1) is 0 Å². The van der Waals surface area contributed by atoms with Crippen LogP contribution >= 0.6 is 0 Å². The zero-order valence-corrected chi connectivity index (χ0v) is 13.5. The first kappa shape index (κ1) is 15.3. The van der Waals surface area contributed by atoms with Gasteiger partial charge in [-0.25, -0.2) is 18.4 Å². The summed E-state index contributed by atoms with van der Waals surface area (Å²) in [7, 11) is -4.77. The van der Waals surface area contributed by atoms with Crippen LogP contribution in [0.15, 0.2) is 64.6 Å². The van der Waals surface area contributed by atoms with Crippen LogP contribution in [0.1, 0.15) is 5.56 Å². The fraction of sp³-hybridized carbons (Fsp3) is 0.0769. The van der Waals surface area contributed by atoms with Gasteiger partial charge in [-0.05, 0) is 12.1 Å². The van der Waals surface area contributed by atoms with E-state index in [0.717, 1.165) is 0 Å². The molecule has 0 aliphatic carbocycles. The summed E-state index contributed by atoms with van der Waals surface area (Å²) in [6, 6.07) is 14.8. The summed E-state index contributed by atoms with van der Waals surface area (Å²) in [5, 5.41) is 0.816. The Morgan fingerprint density at radius 3 is 1.75 bits per heavy atom. The number of rotatable bonds is 2. The van der Waals surface area contributed by atoms with Gasteiger partial charge in [-0.3, -0.25) is 0 Å². The molecular weight excluding hydrogens is 287 g/mol. The predicted octanol–water partition coefficient (Wildman–Crippen LogP) is -2.70. The molecule has 7 heteroatoms. The molecule has 0 N–H and O–H groups in total. The molecule has 3 rings (SSSR count). The predicted molar refractivity (Wildman–Crippen MR) is 66.6 cm³/mol. The minimum absolute atomic E-state index is 0. The van der Waals surface area contributed by atoms with Crippen molar-refractivity contribution in [3.8, 4) is 0 Å². The van der Waals surface area contributed by atoms with E-state index in [0.29, 0.717) is 10.7 Å². The van der Waals surface area contributed by atoms with E-state index < -0.39 is 15.1 Å². The third-order valence-corrected chi connectivity index (χ3v) is 4.04. The third kappa shape index (κ3) is 2.34. The Kier molecular flexibility index (Phi) is 4.13. The molecular formula is C13H9N2NaO3S. The van der Waals surface area contributed by atoms with Gasteiger partial charge in [-0.1, -0.05) is 42.5 Å². The van der Waals surface area contributed by atoms with E-state index in [1.54, 1.807) is 42.5 Å². The minimum Gasteiger partial charge on any atom is -0.744 e. The fourth-order valence-corrected chi connectivity index (χ4v) is 2.89. The number of nitrogens with zero attached hydrogens (tertiary/aromatic N) is 2. The second-order valence-corrected chi connectivity index (χ2v) is 5.62. The summed E-state index contributed by atoms with van der Waals surface area (Å²) in [5.74, 6) is 0. The van der Waals surface area contributed by atoms with Crippen molar-refractivity contribution < 1.29 is 42.5 Å². The summed E-state index contributed by atoms with van der Waals surface area (Å²) in [6.45, 7) is 0. The van der Waals surface area contributed by atoms with Gasteiger partial charge in [0.15, 0.2) is 0 Å². The monoisotopic (exact) mass is 296 g/mol. The quantitative estimate of drug-likeness (QED) is 0.447. The summed E-state index contributed by atoms with van der Waals surface area (Å²) in [5.41, 5.74) is 0.251. The summed E-state index contributed by atoms with van der Waals surface area (Å²) in [4.78, 5) is 6.02. The standard InChI is InChI=1S/C13H10N2O3S.Na/c16-19(17,18)13(10-6-2-1-3-7-10)14-11-8-4-5-9-12(11)15-13;/h1-9H,(H,16,17,18);/q;+1/p-1. The summed E-state index contributed by atoms with van der Waals surface area (Å²) >= 11 is 0.